The molecule has 0 aromatic heterocycles. The maximum Gasteiger partial charge on any atom is 0.246 e. The van der Waals surface area contributed by atoms with Crippen molar-refractivity contribution in [2.75, 3.05) is 19.7 Å². The van der Waals surface area contributed by atoms with Crippen LogP contribution in [0, 0.1) is 35.5 Å². The fourth-order valence-electron chi connectivity index (χ4n) is 9.72. The van der Waals surface area contributed by atoms with Crippen molar-refractivity contribution < 1.29 is 67.8 Å². The van der Waals surface area contributed by atoms with Gasteiger partial charge in [-0.3, -0.25) is 52.7 Å². The molecular weight excluding hydrogens is 1120 g/mol. The van der Waals surface area contributed by atoms with Gasteiger partial charge in [-0.25, -0.2) is 5.90 Å². The van der Waals surface area contributed by atoms with Crippen LogP contribution in [0.3, 0.4) is 0 Å². The Morgan fingerprint density at radius 2 is 1.20 bits per heavy atom. The number of Topliss-reactive ketones (excluding diaryl/α,β-unsaturated/α-hetero) is 1. The third kappa shape index (κ3) is 28.3. The van der Waals surface area contributed by atoms with Crippen LogP contribution in [-0.4, -0.2) is 165 Å². The SMILES string of the molecule is CCC(=O)CC(O)CC(C)CC(NC(=O)C1CC(C)CN1C(=O)C=CC(C)CC)C(=O)NC(C(=O)NC(C)(C)C(=O)NC(CC(C)C)C(=O)NC(CC(C)C)C(=O)NC(C)(C)C(=O)NC(C)(C)C(=O)NCCC(=O)NC(C)CCCON)C(O)C(C)C. The van der Waals surface area contributed by atoms with Crippen molar-refractivity contribution >= 4 is 64.9 Å². The smallest absolute Gasteiger partial charge is 0.246 e. The van der Waals surface area contributed by atoms with E-state index >= 15 is 0 Å². The van der Waals surface area contributed by atoms with Crippen molar-refractivity contribution in [1.29, 1.82) is 0 Å². The minimum Gasteiger partial charge on any atom is -0.393 e. The van der Waals surface area contributed by atoms with E-state index in [9.17, 15) is 63.0 Å². The number of ketones is 1. The van der Waals surface area contributed by atoms with Gasteiger partial charge < -0.3 is 67.8 Å². The topological polar surface area (TPSA) is 375 Å². The third-order valence-electron chi connectivity index (χ3n) is 15.3. The predicted octanol–water partition coefficient (Wildman–Crippen LogP) is 2.39. The van der Waals surface area contributed by atoms with Crippen LogP contribution in [-0.2, 0) is 57.6 Å². The first-order valence-corrected chi connectivity index (χ1v) is 31.2. The Hall–Kier alpha value is -6.05. The lowest BCUT2D eigenvalue weighted by Crippen LogP contribution is -2.66. The molecular formula is C62H111N11O14. The molecule has 11 unspecified atom stereocenters. The molecule has 0 bridgehead atoms. The number of carbonyl (C=O) groups excluding carboxylic acids is 11. The summed E-state index contributed by atoms with van der Waals surface area (Å²) in [7, 11) is 0. The number of nitrogens with zero attached hydrogens (tertiary/aromatic N) is 1. The molecule has 1 saturated heterocycles. The number of nitrogens with one attached hydrogen (secondary N) is 9. The van der Waals surface area contributed by atoms with Crippen molar-refractivity contribution in [1.82, 2.24) is 52.8 Å². The zero-order chi connectivity index (χ0) is 66.9. The van der Waals surface area contributed by atoms with Crippen LogP contribution < -0.4 is 53.7 Å². The van der Waals surface area contributed by atoms with E-state index < -0.39 is 118 Å². The number of allylic oxidation sites excluding steroid dienone is 1. The molecule has 87 heavy (non-hydrogen) atoms. The lowest BCUT2D eigenvalue weighted by molar-refractivity contribution is -0.140. The second-order valence-corrected chi connectivity index (χ2v) is 26.8. The molecule has 0 aliphatic carbocycles. The first-order valence-electron chi connectivity index (χ1n) is 31.2. The average Bonchev–Trinajstić information content (AvgIpc) is 2.85. The number of hydrogen-bond acceptors (Lipinski definition) is 15. The lowest BCUT2D eigenvalue weighted by atomic mass is 9.92. The number of rotatable bonds is 39. The number of aliphatic hydroxyl groups excluding tert-OH is 2. The van der Waals surface area contributed by atoms with Gasteiger partial charge in [-0.2, -0.15) is 0 Å². The number of amides is 10. The van der Waals surface area contributed by atoms with E-state index in [0.29, 0.717) is 32.4 Å². The Bertz CT molecular complexity index is 2340. The summed E-state index contributed by atoms with van der Waals surface area (Å²) in [6.07, 6.45) is 3.30. The molecule has 25 heteroatoms. The Morgan fingerprint density at radius 3 is 1.75 bits per heavy atom. The van der Waals surface area contributed by atoms with Crippen LogP contribution in [0.5, 0.6) is 0 Å². The average molecular weight is 1230 g/mol. The van der Waals surface area contributed by atoms with Crippen molar-refractivity contribution in [3.8, 4) is 0 Å². The Kier molecular flexibility index (Phi) is 33.6. The third-order valence-corrected chi connectivity index (χ3v) is 15.3. The Labute approximate surface area is 517 Å². The summed E-state index contributed by atoms with van der Waals surface area (Å²) in [5, 5.41) is 46.7. The van der Waals surface area contributed by atoms with Gasteiger partial charge in [-0.15, -0.1) is 0 Å². The standard InChI is InChI=1S/C62H111N11O14/c1-19-38(9)23-24-49(77)73-34-40(11)32-47(73)55(82)67-46(31-39(10)30-43(75)33-42(74)20-2)53(80)69-50(51(78)37(7)8)56(83)71-61(15,16)58(85)68-44(28-35(3)4)52(79)66-45(29-36(5)6)54(81)70-62(17,18)59(86)72-60(13,14)57(84)64-26-25-48(76)65-41(12)22-21-27-87-63/h23-24,35-41,43-47,50-51,75,78H,19-22,25-34,63H2,1-18H3,(H,64,84)(H,65,76)(H,66,79)(H,67,82)(H,68,85)(H,69,80)(H,70,81)(H,71,83)(H,72,86). The summed E-state index contributed by atoms with van der Waals surface area (Å²) in [6, 6.07) is -6.67. The highest BCUT2D eigenvalue weighted by atomic mass is 16.6. The van der Waals surface area contributed by atoms with Gasteiger partial charge in [0.05, 0.1) is 18.8 Å². The highest BCUT2D eigenvalue weighted by Crippen LogP contribution is 2.25. The maximum atomic E-state index is 14.6. The molecule has 0 radical (unpaired) electrons. The summed E-state index contributed by atoms with van der Waals surface area (Å²) in [4.78, 5) is 157. The highest BCUT2D eigenvalue weighted by Gasteiger charge is 2.43. The number of nitrogens with two attached hydrogens (primary N) is 1. The molecule has 10 amide bonds. The van der Waals surface area contributed by atoms with Gasteiger partial charge >= 0.3 is 0 Å². The van der Waals surface area contributed by atoms with Gasteiger partial charge in [0, 0.05) is 38.4 Å². The van der Waals surface area contributed by atoms with E-state index in [1.807, 2.05) is 55.4 Å². The molecule has 1 fully saturated rings. The summed E-state index contributed by atoms with van der Waals surface area (Å²) in [5.41, 5.74) is -4.96. The van der Waals surface area contributed by atoms with E-state index in [1.165, 1.54) is 52.5 Å². The fraction of sp³-hybridized carbons (Fsp3) is 0.790. The van der Waals surface area contributed by atoms with Crippen molar-refractivity contribution in [3.63, 3.8) is 0 Å². The summed E-state index contributed by atoms with van der Waals surface area (Å²) in [6.45, 7) is 30.7. The summed E-state index contributed by atoms with van der Waals surface area (Å²) in [5.74, 6) is -3.31. The van der Waals surface area contributed by atoms with Crippen LogP contribution in [0.4, 0.5) is 0 Å². The number of hydrogen-bond donors (Lipinski definition) is 12. The Balaban J connectivity index is 3.42. The van der Waals surface area contributed by atoms with Crippen LogP contribution >= 0.6 is 0 Å². The molecule has 13 N–H and O–H groups in total. The second kappa shape index (κ2) is 37.1. The molecule has 498 valence electrons. The van der Waals surface area contributed by atoms with Crippen LogP contribution in [0.15, 0.2) is 12.2 Å². The molecule has 0 spiro atoms. The normalized spacial score (nSPS) is 17.9. The summed E-state index contributed by atoms with van der Waals surface area (Å²) >= 11 is 0. The zero-order valence-electron chi connectivity index (χ0n) is 55.5. The van der Waals surface area contributed by atoms with E-state index in [-0.39, 0.29) is 98.8 Å². The van der Waals surface area contributed by atoms with Gasteiger partial charge in [-0.05, 0) is 135 Å². The monoisotopic (exact) mass is 1230 g/mol. The van der Waals surface area contributed by atoms with E-state index in [1.54, 1.807) is 33.8 Å². The van der Waals surface area contributed by atoms with Gasteiger partial charge in [0.15, 0.2) is 0 Å². The van der Waals surface area contributed by atoms with Gasteiger partial charge in [0.25, 0.3) is 0 Å². The molecule has 0 aromatic rings. The Morgan fingerprint density at radius 1 is 0.655 bits per heavy atom. The number of carbonyl (C=O) groups is 11. The minimum atomic E-state index is -1.83. The zero-order valence-corrected chi connectivity index (χ0v) is 55.5. The van der Waals surface area contributed by atoms with E-state index in [4.69, 9.17) is 5.90 Å². The van der Waals surface area contributed by atoms with Crippen LogP contribution in [0.1, 0.15) is 195 Å². The summed E-state index contributed by atoms with van der Waals surface area (Å²) < 4.78 is 0. The molecule has 25 nitrogen and oxygen atoms in total. The second-order valence-electron chi connectivity index (χ2n) is 26.8. The quantitative estimate of drug-likeness (QED) is 0.0239. The van der Waals surface area contributed by atoms with E-state index in [2.05, 4.69) is 52.7 Å². The minimum absolute atomic E-state index is 0.0145. The van der Waals surface area contributed by atoms with Crippen LogP contribution in [0.25, 0.3) is 0 Å². The number of likely N-dealkylation sites (tertiary alicyclic amines) is 1. The molecule has 0 aromatic carbocycles. The molecule has 0 saturated carbocycles. The fourth-order valence-corrected chi connectivity index (χ4v) is 9.72. The van der Waals surface area contributed by atoms with Gasteiger partial charge in [0.1, 0.15) is 52.6 Å². The predicted molar refractivity (Wildman–Crippen MR) is 331 cm³/mol. The maximum absolute atomic E-state index is 14.6. The van der Waals surface area contributed by atoms with Crippen molar-refractivity contribution in [3.05, 3.63) is 12.2 Å². The van der Waals surface area contributed by atoms with Crippen molar-refractivity contribution in [2.24, 2.45) is 41.4 Å². The molecule has 1 aliphatic heterocycles. The van der Waals surface area contributed by atoms with Gasteiger partial charge in [0.2, 0.25) is 59.1 Å². The molecule has 11 atom stereocenters. The highest BCUT2D eigenvalue weighted by molar-refractivity contribution is 6.00. The first-order chi connectivity index (χ1) is 40.2. The van der Waals surface area contributed by atoms with Crippen molar-refractivity contribution in [2.45, 2.75) is 260 Å². The largest absolute Gasteiger partial charge is 0.393 e. The molecule has 1 aliphatic rings. The van der Waals surface area contributed by atoms with E-state index in [0.717, 1.165) is 6.42 Å². The van der Waals surface area contributed by atoms with Crippen LogP contribution in [0.2, 0.25) is 0 Å². The van der Waals surface area contributed by atoms with Gasteiger partial charge in [-0.1, -0.05) is 88.7 Å². The first kappa shape index (κ1) is 79.0. The molecule has 1 heterocycles. The lowest BCUT2D eigenvalue weighted by Gasteiger charge is -2.34. The number of aliphatic hydroxyl groups is 2. The molecule has 1 rings (SSSR count).